The van der Waals surface area contributed by atoms with Gasteiger partial charge in [0.2, 0.25) is 0 Å². The molecule has 0 saturated heterocycles. The van der Waals surface area contributed by atoms with Crippen molar-refractivity contribution >= 4 is 52.0 Å². The lowest BCUT2D eigenvalue weighted by atomic mass is 10.1. The monoisotopic (exact) mass is 712 g/mol. The largest absolute Gasteiger partial charge is 0.497 e. The molecule has 48 heavy (non-hydrogen) atoms. The molecule has 0 fully saturated rings. The van der Waals surface area contributed by atoms with E-state index in [0.717, 1.165) is 75.1 Å². The number of ether oxygens (including phenoxy) is 4. The van der Waals surface area contributed by atoms with Crippen LogP contribution in [0, 0.1) is 0 Å². The highest BCUT2D eigenvalue weighted by Crippen LogP contribution is 2.43. The molecule has 0 spiro atoms. The smallest absolute Gasteiger partial charge is 0.153 e. The van der Waals surface area contributed by atoms with Crippen LogP contribution in [0.5, 0.6) is 23.0 Å². The van der Waals surface area contributed by atoms with Crippen molar-refractivity contribution in [3.05, 3.63) is 97.1 Å². The van der Waals surface area contributed by atoms with Gasteiger partial charge in [0.15, 0.2) is 14.5 Å². The molecule has 244 valence electrons. The number of aromatic nitrogens is 2. The summed E-state index contributed by atoms with van der Waals surface area (Å²) in [4.78, 5) is 25.2. The summed E-state index contributed by atoms with van der Waals surface area (Å²) < 4.78 is 23.1. The number of rotatable bonds is 14. The minimum atomic E-state index is 0.115. The normalized spacial score (nSPS) is 10.9. The fourth-order valence-corrected chi connectivity index (χ4v) is 9.01. The maximum atomic E-state index is 13.2. The van der Waals surface area contributed by atoms with Gasteiger partial charge in [-0.25, -0.2) is 9.97 Å². The van der Waals surface area contributed by atoms with E-state index in [0.29, 0.717) is 11.5 Å². The third kappa shape index (κ3) is 7.87. The summed E-state index contributed by atoms with van der Waals surface area (Å²) >= 11 is 6.10. The van der Waals surface area contributed by atoms with Crippen LogP contribution < -0.4 is 18.9 Å². The second-order valence-corrected chi connectivity index (χ2v) is 14.8. The molecule has 11 heteroatoms. The fraction of sp³-hybridized carbons (Fsp3) is 0.162. The number of Topliss-reactive ketones (excluding diaryl/α,β-unsaturated/α-hetero) is 1. The molecule has 0 N–H and O–H groups in total. The molecule has 0 amide bonds. The molecule has 2 aromatic heterocycles. The molecule has 0 saturated carbocycles. The van der Waals surface area contributed by atoms with Crippen molar-refractivity contribution in [3.63, 3.8) is 0 Å². The van der Waals surface area contributed by atoms with Gasteiger partial charge in [-0.05, 0) is 108 Å². The zero-order chi connectivity index (χ0) is 33.5. The molecule has 0 aliphatic rings. The van der Waals surface area contributed by atoms with Crippen LogP contribution in [-0.4, -0.2) is 55.7 Å². The van der Waals surface area contributed by atoms with Crippen LogP contribution >= 0.6 is 46.2 Å². The summed E-state index contributed by atoms with van der Waals surface area (Å²) in [5.41, 5.74) is 5.79. The third-order valence-electron chi connectivity index (χ3n) is 7.36. The van der Waals surface area contributed by atoms with Gasteiger partial charge in [-0.2, -0.15) is 0 Å². The van der Waals surface area contributed by atoms with Crippen LogP contribution in [0.1, 0.15) is 0 Å². The second-order valence-electron chi connectivity index (χ2n) is 10.3. The minimum Gasteiger partial charge on any atom is -0.497 e. The lowest BCUT2D eigenvalue weighted by molar-refractivity contribution is -0.114. The molecule has 6 rings (SSSR count). The zero-order valence-electron chi connectivity index (χ0n) is 26.7. The third-order valence-corrected chi connectivity index (χ3v) is 12.0. The van der Waals surface area contributed by atoms with Gasteiger partial charge in [0.1, 0.15) is 23.0 Å². The maximum absolute atomic E-state index is 13.2. The molecular weight excluding hydrogens is 681 g/mol. The van der Waals surface area contributed by atoms with Gasteiger partial charge < -0.3 is 18.9 Å². The van der Waals surface area contributed by atoms with E-state index in [1.807, 2.05) is 97.1 Å². The van der Waals surface area contributed by atoms with E-state index in [1.165, 1.54) is 23.5 Å². The molecule has 0 radical (unpaired) electrons. The van der Waals surface area contributed by atoms with E-state index in [1.54, 1.807) is 51.1 Å². The first-order valence-corrected chi connectivity index (χ1v) is 18.4. The quantitative estimate of drug-likeness (QED) is 0.103. The zero-order valence-corrected chi connectivity index (χ0v) is 30.0. The maximum Gasteiger partial charge on any atom is 0.153 e. The van der Waals surface area contributed by atoms with E-state index >= 15 is 0 Å². The van der Waals surface area contributed by atoms with Crippen molar-refractivity contribution in [1.29, 1.82) is 0 Å². The number of thioether (sulfide) groups is 2. The Morgan fingerprint density at radius 3 is 1.08 bits per heavy atom. The highest BCUT2D eigenvalue weighted by atomic mass is 32.2. The predicted octanol–water partition coefficient (Wildman–Crippen LogP) is 9.76. The SMILES string of the molecule is COc1ccc(-c2nc(SCC(=O)CSc3nc(-c4ccc(OC)cc4)c(-c4ccc(OC)cc4)s3)sc2-c2ccc(OC)cc2)cc1. The first-order chi connectivity index (χ1) is 23.5. The number of thiazole rings is 2. The number of nitrogens with zero attached hydrogens (tertiary/aromatic N) is 2. The number of carbonyl (C=O) groups excluding carboxylic acids is 1. The predicted molar refractivity (Wildman–Crippen MR) is 199 cm³/mol. The number of benzene rings is 4. The summed E-state index contributed by atoms with van der Waals surface area (Å²) in [7, 11) is 6.61. The summed E-state index contributed by atoms with van der Waals surface area (Å²) in [6.07, 6.45) is 0. The Kier molecular flexibility index (Phi) is 11.0. The average Bonchev–Trinajstić information content (AvgIpc) is 3.78. The van der Waals surface area contributed by atoms with E-state index in [9.17, 15) is 4.79 Å². The fourth-order valence-electron chi connectivity index (χ4n) is 4.82. The average molecular weight is 713 g/mol. The molecule has 2 heterocycles. The molecule has 0 unspecified atom stereocenters. The molecule has 0 atom stereocenters. The summed E-state index contributed by atoms with van der Waals surface area (Å²) in [6, 6.07) is 31.6. The first kappa shape index (κ1) is 33.6. The van der Waals surface area contributed by atoms with E-state index < -0.39 is 0 Å². The summed E-state index contributed by atoms with van der Waals surface area (Å²) in [6.45, 7) is 0. The van der Waals surface area contributed by atoms with Crippen molar-refractivity contribution in [1.82, 2.24) is 9.97 Å². The number of hydrogen-bond donors (Lipinski definition) is 0. The van der Waals surface area contributed by atoms with Gasteiger partial charge >= 0.3 is 0 Å². The molecule has 0 aliphatic heterocycles. The Hall–Kier alpha value is -4.29. The highest BCUT2D eigenvalue weighted by Gasteiger charge is 2.19. The van der Waals surface area contributed by atoms with Crippen molar-refractivity contribution in [2.75, 3.05) is 39.9 Å². The lowest BCUT2D eigenvalue weighted by Gasteiger charge is -2.05. The van der Waals surface area contributed by atoms with Crippen LogP contribution in [0.3, 0.4) is 0 Å². The standard InChI is InChI=1S/C37H32N2O5S4/c1-41-28-13-5-23(6-14-28)32-34(25-9-17-30(43-3)18-10-25)47-36(38-32)45-21-27(40)22-46-37-39-33(24-7-15-29(42-2)16-8-24)35(48-37)26-11-19-31(44-4)20-12-26/h5-20H,21-22H2,1-4H3. The van der Waals surface area contributed by atoms with Crippen molar-refractivity contribution in [2.24, 2.45) is 0 Å². The summed E-state index contributed by atoms with van der Waals surface area (Å²) in [5, 5.41) is 0. The minimum absolute atomic E-state index is 0.115. The molecule has 7 nitrogen and oxygen atoms in total. The Labute approximate surface area is 296 Å². The van der Waals surface area contributed by atoms with Gasteiger partial charge in [-0.1, -0.05) is 23.5 Å². The molecule has 4 aromatic carbocycles. The molecule has 0 aliphatic carbocycles. The van der Waals surface area contributed by atoms with Gasteiger partial charge in [0.05, 0.1) is 61.1 Å². The van der Waals surface area contributed by atoms with Crippen LogP contribution in [0.25, 0.3) is 43.4 Å². The Bertz CT molecular complexity index is 1700. The number of hydrogen-bond acceptors (Lipinski definition) is 11. The number of methoxy groups -OCH3 is 4. The topological polar surface area (TPSA) is 79.8 Å². The Balaban J connectivity index is 1.18. The number of ketones is 1. The first-order valence-electron chi connectivity index (χ1n) is 14.8. The van der Waals surface area contributed by atoms with Crippen LogP contribution in [0.4, 0.5) is 0 Å². The van der Waals surface area contributed by atoms with Crippen LogP contribution in [0.15, 0.2) is 106 Å². The lowest BCUT2D eigenvalue weighted by Crippen LogP contribution is -2.04. The van der Waals surface area contributed by atoms with Crippen LogP contribution in [-0.2, 0) is 4.79 Å². The van der Waals surface area contributed by atoms with E-state index in [2.05, 4.69) is 0 Å². The van der Waals surface area contributed by atoms with Crippen molar-refractivity contribution < 1.29 is 23.7 Å². The molecule has 6 aromatic rings. The van der Waals surface area contributed by atoms with Crippen LogP contribution in [0.2, 0.25) is 0 Å². The van der Waals surface area contributed by atoms with Crippen molar-refractivity contribution in [3.8, 4) is 66.4 Å². The van der Waals surface area contributed by atoms with Gasteiger partial charge in [-0.3, -0.25) is 4.79 Å². The van der Waals surface area contributed by atoms with Gasteiger partial charge in [0.25, 0.3) is 0 Å². The Morgan fingerprint density at radius 2 is 0.792 bits per heavy atom. The number of carbonyl (C=O) groups is 1. The van der Waals surface area contributed by atoms with Gasteiger partial charge in [0, 0.05) is 11.1 Å². The van der Waals surface area contributed by atoms with Gasteiger partial charge in [-0.15, -0.1) is 22.7 Å². The molecular formula is C37H32N2O5S4. The van der Waals surface area contributed by atoms with Crippen molar-refractivity contribution in [2.45, 2.75) is 8.68 Å². The highest BCUT2D eigenvalue weighted by molar-refractivity contribution is 8.03. The second kappa shape index (κ2) is 15.7. The Morgan fingerprint density at radius 1 is 0.500 bits per heavy atom. The molecule has 0 bridgehead atoms. The van der Waals surface area contributed by atoms with E-state index in [4.69, 9.17) is 28.9 Å². The summed E-state index contributed by atoms with van der Waals surface area (Å²) in [5.74, 6) is 3.89. The van der Waals surface area contributed by atoms with E-state index in [-0.39, 0.29) is 5.78 Å².